The summed E-state index contributed by atoms with van der Waals surface area (Å²) in [7, 11) is 0. The maximum Gasteiger partial charge on any atom is 0.218 e. The molecular weight excluding hydrogens is 199 g/mol. The normalized spacial score (nSPS) is 37.5. The molecular formula is C6H4BrFN2. The van der Waals surface area contributed by atoms with E-state index < -0.39 is 10.6 Å². The summed E-state index contributed by atoms with van der Waals surface area (Å²) >= 11 is 2.73. The largest absolute Gasteiger partial charge is 0.270 e. The second-order valence-electron chi connectivity index (χ2n) is 1.86. The van der Waals surface area contributed by atoms with Crippen LogP contribution in [0.3, 0.4) is 0 Å². The zero-order valence-corrected chi connectivity index (χ0v) is 6.55. The Kier molecular flexibility index (Phi) is 1.86. The molecule has 0 spiro atoms. The molecule has 0 saturated heterocycles. The lowest BCUT2D eigenvalue weighted by atomic mass is 10.1. The van der Waals surface area contributed by atoms with Crippen molar-refractivity contribution in [1.29, 1.82) is 5.26 Å². The number of aliphatic imine (C=N–C) groups is 1. The molecule has 0 amide bonds. The maximum atomic E-state index is 13.0. The fourth-order valence-electron chi connectivity index (χ4n) is 0.617. The van der Waals surface area contributed by atoms with Gasteiger partial charge >= 0.3 is 0 Å². The van der Waals surface area contributed by atoms with Crippen LogP contribution in [-0.2, 0) is 0 Å². The SMILES string of the molecule is N#CC1N=CC=CC1(F)Br. The van der Waals surface area contributed by atoms with Gasteiger partial charge in [0.2, 0.25) is 4.58 Å². The minimum atomic E-state index is -1.78. The van der Waals surface area contributed by atoms with Crippen LogP contribution in [0.4, 0.5) is 4.39 Å². The molecule has 1 heterocycles. The number of dihydropyridines is 1. The molecule has 2 nitrogen and oxygen atoms in total. The fourth-order valence-corrected chi connectivity index (χ4v) is 0.990. The number of nitrogens with zero attached hydrogens (tertiary/aromatic N) is 2. The van der Waals surface area contributed by atoms with E-state index in [2.05, 4.69) is 20.9 Å². The summed E-state index contributed by atoms with van der Waals surface area (Å²) in [6.07, 6.45) is 4.13. The number of halogens is 2. The van der Waals surface area contributed by atoms with Gasteiger partial charge in [-0.15, -0.1) is 0 Å². The highest BCUT2D eigenvalue weighted by atomic mass is 79.9. The number of hydrogen-bond acceptors (Lipinski definition) is 2. The summed E-state index contributed by atoms with van der Waals surface area (Å²) in [5.41, 5.74) is 0. The van der Waals surface area contributed by atoms with Crippen molar-refractivity contribution >= 4 is 22.1 Å². The predicted molar refractivity (Wildman–Crippen MR) is 39.8 cm³/mol. The molecule has 0 N–H and O–H groups in total. The van der Waals surface area contributed by atoms with E-state index in [9.17, 15) is 4.39 Å². The summed E-state index contributed by atoms with van der Waals surface area (Å²) in [5, 5.41) is 8.36. The molecule has 4 heteroatoms. The number of hydrogen-bond donors (Lipinski definition) is 0. The molecule has 52 valence electrons. The van der Waals surface area contributed by atoms with E-state index in [0.29, 0.717) is 0 Å². The smallest absolute Gasteiger partial charge is 0.218 e. The second-order valence-corrected chi connectivity index (χ2v) is 3.08. The van der Waals surface area contributed by atoms with E-state index in [1.54, 1.807) is 6.07 Å². The summed E-state index contributed by atoms with van der Waals surface area (Å²) in [6.45, 7) is 0. The molecule has 0 aromatic rings. The first kappa shape index (κ1) is 7.42. The van der Waals surface area contributed by atoms with Crippen LogP contribution in [0.5, 0.6) is 0 Å². The van der Waals surface area contributed by atoms with Gasteiger partial charge in [0.05, 0.1) is 6.07 Å². The topological polar surface area (TPSA) is 36.1 Å². The van der Waals surface area contributed by atoms with Crippen molar-refractivity contribution in [1.82, 2.24) is 0 Å². The first-order valence-electron chi connectivity index (χ1n) is 2.65. The maximum absolute atomic E-state index is 13.0. The molecule has 1 rings (SSSR count). The van der Waals surface area contributed by atoms with Crippen molar-refractivity contribution in [2.24, 2.45) is 4.99 Å². The number of nitriles is 1. The van der Waals surface area contributed by atoms with Crippen LogP contribution in [-0.4, -0.2) is 16.8 Å². The van der Waals surface area contributed by atoms with E-state index >= 15 is 0 Å². The molecule has 0 bridgehead atoms. The molecule has 2 unspecified atom stereocenters. The van der Waals surface area contributed by atoms with E-state index in [4.69, 9.17) is 5.26 Å². The lowest BCUT2D eigenvalue weighted by molar-refractivity contribution is 0.341. The lowest BCUT2D eigenvalue weighted by Gasteiger charge is -2.17. The minimum Gasteiger partial charge on any atom is -0.270 e. The van der Waals surface area contributed by atoms with Gasteiger partial charge in [-0.2, -0.15) is 5.26 Å². The van der Waals surface area contributed by atoms with Crippen LogP contribution < -0.4 is 0 Å². The molecule has 2 atom stereocenters. The summed E-state index contributed by atoms with van der Waals surface area (Å²) in [4.78, 5) is 3.61. The summed E-state index contributed by atoms with van der Waals surface area (Å²) < 4.78 is 11.2. The van der Waals surface area contributed by atoms with Crippen molar-refractivity contribution in [3.63, 3.8) is 0 Å². The quantitative estimate of drug-likeness (QED) is 0.550. The molecule has 0 aromatic carbocycles. The highest BCUT2D eigenvalue weighted by Crippen LogP contribution is 2.29. The van der Waals surface area contributed by atoms with Crippen molar-refractivity contribution in [2.45, 2.75) is 10.6 Å². The first-order valence-corrected chi connectivity index (χ1v) is 3.44. The number of allylic oxidation sites excluding steroid dienone is 1. The third-order valence-electron chi connectivity index (χ3n) is 1.13. The Morgan fingerprint density at radius 2 is 2.50 bits per heavy atom. The van der Waals surface area contributed by atoms with Crippen LogP contribution in [0.25, 0.3) is 0 Å². The lowest BCUT2D eigenvalue weighted by Crippen LogP contribution is -2.28. The molecule has 1 aliphatic heterocycles. The monoisotopic (exact) mass is 202 g/mol. The van der Waals surface area contributed by atoms with E-state index in [-0.39, 0.29) is 0 Å². The number of alkyl halides is 2. The summed E-state index contributed by atoms with van der Waals surface area (Å²) in [6, 6.07) is 0.762. The van der Waals surface area contributed by atoms with Gasteiger partial charge < -0.3 is 0 Å². The van der Waals surface area contributed by atoms with Crippen LogP contribution in [0.2, 0.25) is 0 Å². The highest BCUT2D eigenvalue weighted by molar-refractivity contribution is 9.10. The standard InChI is InChI=1S/C6H4BrFN2/c7-6(8)2-1-3-10-5(6)4-9/h1-3,5H. The van der Waals surface area contributed by atoms with Crippen LogP contribution in [0.15, 0.2) is 17.1 Å². The van der Waals surface area contributed by atoms with Gasteiger partial charge in [0.1, 0.15) is 0 Å². The zero-order valence-electron chi connectivity index (χ0n) is 4.96. The van der Waals surface area contributed by atoms with Gasteiger partial charge in [0, 0.05) is 6.21 Å². The molecule has 1 aliphatic rings. The van der Waals surface area contributed by atoms with Gasteiger partial charge in [-0.3, -0.25) is 4.99 Å². The van der Waals surface area contributed by atoms with Gasteiger partial charge in [-0.25, -0.2) is 4.39 Å². The Hall–Kier alpha value is -0.690. The molecule has 0 aliphatic carbocycles. The first-order chi connectivity index (χ1) is 4.67. The molecule has 10 heavy (non-hydrogen) atoms. The second kappa shape index (κ2) is 2.51. The number of rotatable bonds is 0. The molecule has 0 aromatic heterocycles. The van der Waals surface area contributed by atoms with Crippen LogP contribution in [0, 0.1) is 11.3 Å². The van der Waals surface area contributed by atoms with Crippen LogP contribution in [0.1, 0.15) is 0 Å². The average molecular weight is 203 g/mol. The van der Waals surface area contributed by atoms with E-state index in [1.165, 1.54) is 18.4 Å². The molecule has 0 fully saturated rings. The Labute approximate surface area is 66.2 Å². The Bertz CT molecular complexity index is 226. The van der Waals surface area contributed by atoms with Crippen molar-refractivity contribution < 1.29 is 4.39 Å². The fraction of sp³-hybridized carbons (Fsp3) is 0.333. The van der Waals surface area contributed by atoms with Crippen LogP contribution >= 0.6 is 15.9 Å². The Morgan fingerprint density at radius 1 is 1.80 bits per heavy atom. The zero-order chi connectivity index (χ0) is 7.61. The van der Waals surface area contributed by atoms with E-state index in [0.717, 1.165) is 0 Å². The van der Waals surface area contributed by atoms with Crippen molar-refractivity contribution in [3.05, 3.63) is 12.2 Å². The van der Waals surface area contributed by atoms with Gasteiger partial charge in [0.25, 0.3) is 0 Å². The van der Waals surface area contributed by atoms with E-state index in [1.807, 2.05) is 0 Å². The van der Waals surface area contributed by atoms with Gasteiger partial charge in [-0.05, 0) is 28.1 Å². The van der Waals surface area contributed by atoms with Crippen molar-refractivity contribution in [3.8, 4) is 6.07 Å². The average Bonchev–Trinajstić information content (AvgIpc) is 1.87. The molecule has 0 saturated carbocycles. The highest BCUT2D eigenvalue weighted by Gasteiger charge is 2.34. The minimum absolute atomic E-state index is 0.961. The van der Waals surface area contributed by atoms with Gasteiger partial charge in [0.15, 0.2) is 6.04 Å². The van der Waals surface area contributed by atoms with Gasteiger partial charge in [-0.1, -0.05) is 0 Å². The third-order valence-corrected chi connectivity index (χ3v) is 1.82. The predicted octanol–water partition coefficient (Wildman–Crippen LogP) is 1.58. The Morgan fingerprint density at radius 3 is 2.90 bits per heavy atom. The van der Waals surface area contributed by atoms with Crippen molar-refractivity contribution in [2.75, 3.05) is 0 Å². The molecule has 0 radical (unpaired) electrons. The summed E-state index contributed by atoms with van der Waals surface area (Å²) in [5.74, 6) is 0. The third kappa shape index (κ3) is 1.24. The Balaban J connectivity index is 2.87.